The summed E-state index contributed by atoms with van der Waals surface area (Å²) in [5.74, 6) is 0.470. The first kappa shape index (κ1) is 18.0. The van der Waals surface area contributed by atoms with Gasteiger partial charge in [-0.15, -0.1) is 5.16 Å². The van der Waals surface area contributed by atoms with Gasteiger partial charge in [-0.05, 0) is 56.8 Å². The maximum atomic E-state index is 8.56. The van der Waals surface area contributed by atoms with E-state index in [1.165, 1.54) is 31.4 Å². The molecule has 0 saturated carbocycles. The molecular formula is C19H30N2O2. The van der Waals surface area contributed by atoms with Gasteiger partial charge in [-0.25, -0.2) is 0 Å². The monoisotopic (exact) mass is 318 g/mol. The van der Waals surface area contributed by atoms with Crippen molar-refractivity contribution in [2.75, 3.05) is 26.2 Å². The summed E-state index contributed by atoms with van der Waals surface area (Å²) >= 11 is 0. The standard InChI is InChI=1S/C19H30N2O2/c22-20-16-18-10-13-21(14-11-18)12-6-1-2-7-15-23-17-19-8-4-3-5-9-19/h3-5,8-9,16,18,22H,1-2,6-7,10-15,17H2. The third kappa shape index (κ3) is 7.62. The number of hydrogen-bond acceptors (Lipinski definition) is 4. The molecular weight excluding hydrogens is 288 g/mol. The molecule has 0 bridgehead atoms. The largest absolute Gasteiger partial charge is 0.411 e. The smallest absolute Gasteiger partial charge is 0.0716 e. The molecule has 0 unspecified atom stereocenters. The molecule has 1 aromatic carbocycles. The van der Waals surface area contributed by atoms with Crippen molar-refractivity contribution in [2.45, 2.75) is 45.1 Å². The van der Waals surface area contributed by atoms with Crippen molar-refractivity contribution in [2.24, 2.45) is 11.1 Å². The quantitative estimate of drug-likeness (QED) is 0.308. The minimum atomic E-state index is 0.470. The zero-order valence-electron chi connectivity index (χ0n) is 14.1. The predicted molar refractivity (Wildman–Crippen MR) is 94.0 cm³/mol. The molecule has 4 nitrogen and oxygen atoms in total. The molecule has 0 atom stereocenters. The molecule has 0 aromatic heterocycles. The van der Waals surface area contributed by atoms with Crippen molar-refractivity contribution >= 4 is 6.21 Å². The van der Waals surface area contributed by atoms with Gasteiger partial charge in [-0.1, -0.05) is 43.2 Å². The molecule has 128 valence electrons. The van der Waals surface area contributed by atoms with E-state index >= 15 is 0 Å². The number of piperidine rings is 1. The van der Waals surface area contributed by atoms with E-state index in [0.29, 0.717) is 5.92 Å². The Hall–Kier alpha value is -1.39. The molecule has 1 aliphatic heterocycles. The van der Waals surface area contributed by atoms with Crippen LogP contribution in [0, 0.1) is 5.92 Å². The summed E-state index contributed by atoms with van der Waals surface area (Å²) in [6.45, 7) is 5.06. The first-order valence-corrected chi connectivity index (χ1v) is 8.90. The molecule has 23 heavy (non-hydrogen) atoms. The minimum absolute atomic E-state index is 0.470. The lowest BCUT2D eigenvalue weighted by molar-refractivity contribution is 0.116. The van der Waals surface area contributed by atoms with Crippen LogP contribution < -0.4 is 0 Å². The molecule has 1 heterocycles. The van der Waals surface area contributed by atoms with E-state index in [4.69, 9.17) is 9.94 Å². The molecule has 4 heteroatoms. The fourth-order valence-corrected chi connectivity index (χ4v) is 3.08. The molecule has 1 saturated heterocycles. The molecule has 1 N–H and O–H groups in total. The van der Waals surface area contributed by atoms with Crippen molar-refractivity contribution in [1.29, 1.82) is 0 Å². The van der Waals surface area contributed by atoms with Gasteiger partial charge < -0.3 is 14.8 Å². The van der Waals surface area contributed by atoms with E-state index in [9.17, 15) is 0 Å². The predicted octanol–water partition coefficient (Wildman–Crippen LogP) is 3.94. The summed E-state index contributed by atoms with van der Waals surface area (Å²) in [4.78, 5) is 2.54. The second-order valence-electron chi connectivity index (χ2n) is 6.40. The maximum absolute atomic E-state index is 8.56. The second-order valence-corrected chi connectivity index (χ2v) is 6.40. The van der Waals surface area contributed by atoms with Crippen LogP contribution in [0.25, 0.3) is 0 Å². The fourth-order valence-electron chi connectivity index (χ4n) is 3.08. The number of likely N-dealkylation sites (tertiary alicyclic amines) is 1. The molecule has 1 aromatic rings. The Morgan fingerprint density at radius 3 is 2.57 bits per heavy atom. The second kappa shape index (κ2) is 11.2. The van der Waals surface area contributed by atoms with E-state index in [0.717, 1.165) is 45.6 Å². The highest BCUT2D eigenvalue weighted by molar-refractivity contribution is 5.59. The number of rotatable bonds is 10. The van der Waals surface area contributed by atoms with Gasteiger partial charge >= 0.3 is 0 Å². The van der Waals surface area contributed by atoms with Crippen molar-refractivity contribution in [3.05, 3.63) is 35.9 Å². The SMILES string of the molecule is ON=CC1CCN(CCCCCCOCc2ccccc2)CC1. The lowest BCUT2D eigenvalue weighted by atomic mass is 9.98. The van der Waals surface area contributed by atoms with Gasteiger partial charge in [0.1, 0.15) is 0 Å². The average Bonchev–Trinajstić information content (AvgIpc) is 2.60. The summed E-state index contributed by atoms with van der Waals surface area (Å²) in [5.41, 5.74) is 1.25. The first-order chi connectivity index (χ1) is 11.4. The molecule has 0 amide bonds. The Balaban J connectivity index is 1.40. The summed E-state index contributed by atoms with van der Waals surface area (Å²) in [7, 11) is 0. The highest BCUT2D eigenvalue weighted by atomic mass is 16.5. The first-order valence-electron chi connectivity index (χ1n) is 8.90. The van der Waals surface area contributed by atoms with Crippen LogP contribution in [0.5, 0.6) is 0 Å². The number of ether oxygens (including phenoxy) is 1. The van der Waals surface area contributed by atoms with E-state index in [2.05, 4.69) is 34.3 Å². The summed E-state index contributed by atoms with van der Waals surface area (Å²) in [5, 5.41) is 11.7. The van der Waals surface area contributed by atoms with Gasteiger partial charge in [0.05, 0.1) is 6.61 Å². The normalized spacial score (nSPS) is 17.0. The van der Waals surface area contributed by atoms with Gasteiger partial charge in [-0.2, -0.15) is 0 Å². The van der Waals surface area contributed by atoms with Crippen LogP contribution in [0.2, 0.25) is 0 Å². The van der Waals surface area contributed by atoms with Gasteiger partial charge in [0.15, 0.2) is 0 Å². The lowest BCUT2D eigenvalue weighted by Crippen LogP contribution is -2.34. The third-order valence-corrected chi connectivity index (χ3v) is 4.53. The van der Waals surface area contributed by atoms with Crippen molar-refractivity contribution in [3.8, 4) is 0 Å². The topological polar surface area (TPSA) is 45.1 Å². The van der Waals surface area contributed by atoms with Crippen LogP contribution in [0.15, 0.2) is 35.5 Å². The maximum Gasteiger partial charge on any atom is 0.0716 e. The summed E-state index contributed by atoms with van der Waals surface area (Å²) < 4.78 is 5.71. The fraction of sp³-hybridized carbons (Fsp3) is 0.632. The number of benzene rings is 1. The van der Waals surface area contributed by atoms with Crippen molar-refractivity contribution in [1.82, 2.24) is 4.90 Å². The molecule has 1 fully saturated rings. The van der Waals surface area contributed by atoms with E-state index < -0.39 is 0 Å². The van der Waals surface area contributed by atoms with Gasteiger partial charge in [-0.3, -0.25) is 0 Å². The molecule has 0 aliphatic carbocycles. The van der Waals surface area contributed by atoms with Crippen LogP contribution in [-0.2, 0) is 11.3 Å². The van der Waals surface area contributed by atoms with Gasteiger partial charge in [0.25, 0.3) is 0 Å². The van der Waals surface area contributed by atoms with Crippen LogP contribution in [0.1, 0.15) is 44.1 Å². The Bertz CT molecular complexity index is 428. The Morgan fingerprint density at radius 1 is 1.09 bits per heavy atom. The minimum Gasteiger partial charge on any atom is -0.411 e. The number of oxime groups is 1. The van der Waals surface area contributed by atoms with Crippen LogP contribution in [-0.4, -0.2) is 42.6 Å². The molecule has 2 rings (SSSR count). The Labute approximate surface area is 140 Å². The van der Waals surface area contributed by atoms with Crippen LogP contribution in [0.4, 0.5) is 0 Å². The Morgan fingerprint density at radius 2 is 1.83 bits per heavy atom. The zero-order chi connectivity index (χ0) is 16.2. The lowest BCUT2D eigenvalue weighted by Gasteiger charge is -2.29. The van der Waals surface area contributed by atoms with Gasteiger partial charge in [0, 0.05) is 12.8 Å². The zero-order valence-corrected chi connectivity index (χ0v) is 14.1. The van der Waals surface area contributed by atoms with E-state index in [-0.39, 0.29) is 0 Å². The number of unbranched alkanes of at least 4 members (excludes halogenated alkanes) is 3. The summed E-state index contributed by atoms with van der Waals surface area (Å²) in [6, 6.07) is 10.4. The molecule has 1 aliphatic rings. The average molecular weight is 318 g/mol. The number of hydrogen-bond donors (Lipinski definition) is 1. The van der Waals surface area contributed by atoms with Crippen LogP contribution >= 0.6 is 0 Å². The van der Waals surface area contributed by atoms with Crippen LogP contribution in [0.3, 0.4) is 0 Å². The Kier molecular flexibility index (Phi) is 8.74. The third-order valence-electron chi connectivity index (χ3n) is 4.53. The highest BCUT2D eigenvalue weighted by Gasteiger charge is 2.17. The summed E-state index contributed by atoms with van der Waals surface area (Å²) in [6.07, 6.45) is 8.90. The van der Waals surface area contributed by atoms with E-state index in [1.807, 2.05) is 6.07 Å². The molecule has 0 radical (unpaired) electrons. The van der Waals surface area contributed by atoms with E-state index in [1.54, 1.807) is 6.21 Å². The number of nitrogens with zero attached hydrogens (tertiary/aromatic N) is 2. The van der Waals surface area contributed by atoms with Crippen molar-refractivity contribution in [3.63, 3.8) is 0 Å². The van der Waals surface area contributed by atoms with Gasteiger partial charge in [0.2, 0.25) is 0 Å². The molecule has 0 spiro atoms. The highest BCUT2D eigenvalue weighted by Crippen LogP contribution is 2.16. The van der Waals surface area contributed by atoms with Crippen molar-refractivity contribution < 1.29 is 9.94 Å².